The van der Waals surface area contributed by atoms with Crippen molar-refractivity contribution in [3.8, 4) is 5.82 Å². The van der Waals surface area contributed by atoms with Gasteiger partial charge in [-0.25, -0.2) is 14.6 Å². The van der Waals surface area contributed by atoms with Crippen molar-refractivity contribution in [2.75, 3.05) is 0 Å². The average molecular weight is 190 g/mol. The first-order chi connectivity index (χ1) is 6.86. The molecule has 0 radical (unpaired) electrons. The second-order valence-electron chi connectivity index (χ2n) is 2.47. The smallest absolute Gasteiger partial charge is 0.156 e. The highest BCUT2D eigenvalue weighted by Crippen LogP contribution is 2.01. The summed E-state index contributed by atoms with van der Waals surface area (Å²) in [6.45, 7) is 5.93. The van der Waals surface area contributed by atoms with Gasteiger partial charge < -0.3 is 0 Å². The second-order valence-corrected chi connectivity index (χ2v) is 2.47. The van der Waals surface area contributed by atoms with Crippen LogP contribution in [-0.4, -0.2) is 19.7 Å². The highest BCUT2D eigenvalue weighted by Gasteiger charge is 1.96. The molecule has 0 fully saturated rings. The second kappa shape index (κ2) is 5.11. The minimum Gasteiger partial charge on any atom is -0.242 e. The fraction of sp³-hybridized carbons (Fsp3) is 0.300. The Morgan fingerprint density at radius 3 is 2.57 bits per heavy atom. The summed E-state index contributed by atoms with van der Waals surface area (Å²) in [7, 11) is 0. The number of aryl methyl sites for hydroxylation is 1. The molecule has 0 spiro atoms. The van der Waals surface area contributed by atoms with E-state index in [0.717, 1.165) is 11.5 Å². The number of hydrogen-bond acceptors (Lipinski definition) is 3. The molecule has 0 aliphatic carbocycles. The van der Waals surface area contributed by atoms with Crippen molar-refractivity contribution < 1.29 is 0 Å². The standard InChI is InChI=1S/C8H8N4.C2H6/c1-7-5-8(10-6-9-7)12-4-2-3-11-12;1-2/h2-6H,1H3;1-2H3. The molecule has 0 bridgehead atoms. The highest BCUT2D eigenvalue weighted by atomic mass is 15.3. The van der Waals surface area contributed by atoms with E-state index in [1.807, 2.05) is 39.1 Å². The lowest BCUT2D eigenvalue weighted by Crippen LogP contribution is -1.98. The van der Waals surface area contributed by atoms with Gasteiger partial charge in [0.1, 0.15) is 6.33 Å². The summed E-state index contributed by atoms with van der Waals surface area (Å²) in [6, 6.07) is 3.74. The fourth-order valence-electron chi connectivity index (χ4n) is 0.970. The molecule has 4 heteroatoms. The van der Waals surface area contributed by atoms with Gasteiger partial charge in [0.15, 0.2) is 5.82 Å². The van der Waals surface area contributed by atoms with Gasteiger partial charge in [-0.15, -0.1) is 0 Å². The first-order valence-corrected chi connectivity index (χ1v) is 4.65. The monoisotopic (exact) mass is 190 g/mol. The van der Waals surface area contributed by atoms with Gasteiger partial charge in [-0.2, -0.15) is 5.10 Å². The Hall–Kier alpha value is -1.71. The van der Waals surface area contributed by atoms with E-state index in [0.29, 0.717) is 0 Å². The van der Waals surface area contributed by atoms with Gasteiger partial charge >= 0.3 is 0 Å². The van der Waals surface area contributed by atoms with Crippen LogP contribution in [0.4, 0.5) is 0 Å². The van der Waals surface area contributed by atoms with Gasteiger partial charge in [-0.05, 0) is 13.0 Å². The number of aromatic nitrogens is 4. The Labute approximate surface area is 83.6 Å². The van der Waals surface area contributed by atoms with Crippen molar-refractivity contribution in [3.05, 3.63) is 36.5 Å². The van der Waals surface area contributed by atoms with E-state index in [9.17, 15) is 0 Å². The fourth-order valence-corrected chi connectivity index (χ4v) is 0.970. The van der Waals surface area contributed by atoms with E-state index in [1.165, 1.54) is 6.33 Å². The number of nitrogens with zero attached hydrogens (tertiary/aromatic N) is 4. The third-order valence-electron chi connectivity index (χ3n) is 1.53. The zero-order valence-corrected chi connectivity index (χ0v) is 8.68. The van der Waals surface area contributed by atoms with Crippen molar-refractivity contribution in [1.82, 2.24) is 19.7 Å². The summed E-state index contributed by atoms with van der Waals surface area (Å²) in [5.74, 6) is 0.799. The maximum absolute atomic E-state index is 4.07. The summed E-state index contributed by atoms with van der Waals surface area (Å²) >= 11 is 0. The number of rotatable bonds is 1. The van der Waals surface area contributed by atoms with Crippen LogP contribution in [0.5, 0.6) is 0 Å². The summed E-state index contributed by atoms with van der Waals surface area (Å²) in [4.78, 5) is 8.07. The van der Waals surface area contributed by atoms with Crippen molar-refractivity contribution in [2.45, 2.75) is 20.8 Å². The van der Waals surface area contributed by atoms with E-state index in [4.69, 9.17) is 0 Å². The summed E-state index contributed by atoms with van der Waals surface area (Å²) in [5, 5.41) is 4.05. The molecule has 0 saturated carbocycles. The van der Waals surface area contributed by atoms with Gasteiger partial charge in [0, 0.05) is 24.2 Å². The van der Waals surface area contributed by atoms with Crippen LogP contribution >= 0.6 is 0 Å². The molecule has 2 aromatic heterocycles. The molecular formula is C10H14N4. The predicted molar refractivity (Wildman–Crippen MR) is 55.2 cm³/mol. The van der Waals surface area contributed by atoms with Crippen LogP contribution in [-0.2, 0) is 0 Å². The van der Waals surface area contributed by atoms with Crippen LogP contribution in [0.3, 0.4) is 0 Å². The van der Waals surface area contributed by atoms with Crippen LogP contribution < -0.4 is 0 Å². The number of hydrogen-bond donors (Lipinski definition) is 0. The van der Waals surface area contributed by atoms with Crippen LogP contribution in [0.2, 0.25) is 0 Å². The Bertz CT molecular complexity index is 367. The normalized spacial score (nSPS) is 9.07. The third kappa shape index (κ3) is 2.39. The minimum atomic E-state index is 0.799. The lowest BCUT2D eigenvalue weighted by molar-refractivity contribution is 0.835. The molecule has 0 atom stereocenters. The van der Waals surface area contributed by atoms with E-state index in [-0.39, 0.29) is 0 Å². The highest BCUT2D eigenvalue weighted by molar-refractivity contribution is 5.21. The molecule has 74 valence electrons. The lowest BCUT2D eigenvalue weighted by Gasteiger charge is -1.98. The van der Waals surface area contributed by atoms with E-state index in [1.54, 1.807) is 10.9 Å². The van der Waals surface area contributed by atoms with Gasteiger partial charge in [0.05, 0.1) is 0 Å². The predicted octanol–water partition coefficient (Wildman–Crippen LogP) is 2.00. The lowest BCUT2D eigenvalue weighted by atomic mass is 10.4. The third-order valence-corrected chi connectivity index (χ3v) is 1.53. The average Bonchev–Trinajstić information content (AvgIpc) is 2.74. The van der Waals surface area contributed by atoms with E-state index < -0.39 is 0 Å². The molecule has 0 amide bonds. The zero-order chi connectivity index (χ0) is 10.4. The van der Waals surface area contributed by atoms with Gasteiger partial charge in [0.2, 0.25) is 0 Å². The summed E-state index contributed by atoms with van der Waals surface area (Å²) in [6.07, 6.45) is 5.10. The maximum atomic E-state index is 4.07. The molecule has 0 aromatic carbocycles. The summed E-state index contributed by atoms with van der Waals surface area (Å²) in [5.41, 5.74) is 0.940. The Morgan fingerprint density at radius 1 is 1.21 bits per heavy atom. The molecular weight excluding hydrogens is 176 g/mol. The van der Waals surface area contributed by atoms with Gasteiger partial charge in [-0.3, -0.25) is 0 Å². The Morgan fingerprint density at radius 2 is 2.00 bits per heavy atom. The van der Waals surface area contributed by atoms with Crippen molar-refractivity contribution in [1.29, 1.82) is 0 Å². The quantitative estimate of drug-likeness (QED) is 0.690. The van der Waals surface area contributed by atoms with Crippen LogP contribution in [0.25, 0.3) is 5.82 Å². The minimum absolute atomic E-state index is 0.799. The molecule has 0 N–H and O–H groups in total. The van der Waals surface area contributed by atoms with Gasteiger partial charge in [-0.1, -0.05) is 13.8 Å². The van der Waals surface area contributed by atoms with Crippen molar-refractivity contribution >= 4 is 0 Å². The van der Waals surface area contributed by atoms with E-state index >= 15 is 0 Å². The molecule has 14 heavy (non-hydrogen) atoms. The Balaban J connectivity index is 0.000000461. The summed E-state index contributed by atoms with van der Waals surface area (Å²) < 4.78 is 1.70. The topological polar surface area (TPSA) is 43.6 Å². The van der Waals surface area contributed by atoms with E-state index in [2.05, 4.69) is 15.1 Å². The first-order valence-electron chi connectivity index (χ1n) is 4.65. The largest absolute Gasteiger partial charge is 0.242 e. The Kier molecular flexibility index (Phi) is 3.79. The molecule has 0 aliphatic rings. The molecule has 0 saturated heterocycles. The van der Waals surface area contributed by atoms with Gasteiger partial charge in [0.25, 0.3) is 0 Å². The molecule has 0 unspecified atom stereocenters. The van der Waals surface area contributed by atoms with Crippen molar-refractivity contribution in [3.63, 3.8) is 0 Å². The molecule has 2 heterocycles. The van der Waals surface area contributed by atoms with Crippen LogP contribution in [0.1, 0.15) is 19.5 Å². The first kappa shape index (κ1) is 10.4. The van der Waals surface area contributed by atoms with Crippen LogP contribution in [0, 0.1) is 6.92 Å². The zero-order valence-electron chi connectivity index (χ0n) is 8.68. The maximum Gasteiger partial charge on any atom is 0.156 e. The molecule has 4 nitrogen and oxygen atoms in total. The molecule has 2 rings (SSSR count). The van der Waals surface area contributed by atoms with Crippen molar-refractivity contribution in [2.24, 2.45) is 0 Å². The SMILES string of the molecule is CC.Cc1cc(-n2cccn2)ncn1. The van der Waals surface area contributed by atoms with Crippen LogP contribution in [0.15, 0.2) is 30.9 Å². The molecule has 2 aromatic rings. The molecule has 0 aliphatic heterocycles.